The quantitative estimate of drug-likeness (QED) is 0.718. The molecule has 2 aromatic carbocycles. The van der Waals surface area contributed by atoms with Crippen molar-refractivity contribution < 1.29 is 4.79 Å². The summed E-state index contributed by atoms with van der Waals surface area (Å²) < 4.78 is 2.10. The van der Waals surface area contributed by atoms with Gasteiger partial charge in [-0.1, -0.05) is 12.1 Å². The van der Waals surface area contributed by atoms with Crippen molar-refractivity contribution in [2.75, 3.05) is 32.7 Å². The van der Waals surface area contributed by atoms with Gasteiger partial charge in [0.05, 0.1) is 11.0 Å². The topological polar surface area (TPSA) is 41.4 Å². The minimum atomic E-state index is 0.178. The number of carbonyl (C=O) groups excluding carboxylic acids is 1. The molecule has 1 fully saturated rings. The Labute approximate surface area is 159 Å². The predicted molar refractivity (Wildman–Crippen MR) is 106 cm³/mol. The molecule has 0 saturated carbocycles. The molecular formula is C22H24N4O. The molecule has 27 heavy (non-hydrogen) atoms. The van der Waals surface area contributed by atoms with Gasteiger partial charge < -0.3 is 9.80 Å². The summed E-state index contributed by atoms with van der Waals surface area (Å²) in [6.45, 7) is 5.02. The monoisotopic (exact) mass is 360 g/mol. The predicted octanol–water partition coefficient (Wildman–Crippen LogP) is 3.12. The Morgan fingerprint density at radius 2 is 1.81 bits per heavy atom. The van der Waals surface area contributed by atoms with Gasteiger partial charge in [-0.25, -0.2) is 4.98 Å². The fraction of sp³-hybridized carbons (Fsp3) is 0.364. The first-order chi connectivity index (χ1) is 13.3. The van der Waals surface area contributed by atoms with Crippen molar-refractivity contribution in [2.24, 2.45) is 0 Å². The number of aromatic nitrogens is 2. The van der Waals surface area contributed by atoms with E-state index in [1.807, 2.05) is 41.6 Å². The summed E-state index contributed by atoms with van der Waals surface area (Å²) >= 11 is 0. The summed E-state index contributed by atoms with van der Waals surface area (Å²) in [5.41, 5.74) is 5.15. The van der Waals surface area contributed by atoms with Crippen molar-refractivity contribution in [3.63, 3.8) is 0 Å². The summed E-state index contributed by atoms with van der Waals surface area (Å²) in [6.07, 6.45) is 5.37. The summed E-state index contributed by atoms with van der Waals surface area (Å²) in [5, 5.41) is 0. The number of fused-ring (bicyclic) bond motifs is 2. The molecule has 1 aromatic heterocycles. The second-order valence-electron chi connectivity index (χ2n) is 7.54. The summed E-state index contributed by atoms with van der Waals surface area (Å²) in [6, 6.07) is 14.3. The molecule has 0 aliphatic carbocycles. The molecule has 1 saturated heterocycles. The lowest BCUT2D eigenvalue weighted by atomic mass is 9.98. The van der Waals surface area contributed by atoms with Crippen LogP contribution in [0.25, 0.3) is 16.7 Å². The summed E-state index contributed by atoms with van der Waals surface area (Å²) in [7, 11) is 0. The Bertz CT molecular complexity index is 987. The highest BCUT2D eigenvalue weighted by atomic mass is 16.2. The van der Waals surface area contributed by atoms with Crippen molar-refractivity contribution >= 4 is 16.9 Å². The van der Waals surface area contributed by atoms with Gasteiger partial charge in [0.2, 0.25) is 0 Å². The highest BCUT2D eigenvalue weighted by molar-refractivity contribution is 5.97. The maximum absolute atomic E-state index is 12.9. The van der Waals surface area contributed by atoms with E-state index in [0.29, 0.717) is 0 Å². The molecule has 2 aliphatic heterocycles. The molecule has 0 N–H and O–H groups in total. The number of carbonyl (C=O) groups is 1. The van der Waals surface area contributed by atoms with E-state index in [1.165, 1.54) is 25.9 Å². The number of nitrogens with zero attached hydrogens (tertiary/aromatic N) is 4. The lowest BCUT2D eigenvalue weighted by Crippen LogP contribution is -2.42. The second kappa shape index (κ2) is 6.82. The van der Waals surface area contributed by atoms with Crippen LogP contribution >= 0.6 is 0 Å². The van der Waals surface area contributed by atoms with Gasteiger partial charge in [0.25, 0.3) is 5.91 Å². The minimum absolute atomic E-state index is 0.178. The SMILES string of the molecule is O=C1c2ccc(-n3cnc4ccccc43)cc2CCN1CCN1CCCC1. The Kier molecular flexibility index (Phi) is 4.17. The molecule has 0 spiro atoms. The van der Waals surface area contributed by atoms with E-state index < -0.39 is 0 Å². The maximum Gasteiger partial charge on any atom is 0.254 e. The van der Waals surface area contributed by atoms with Crippen LogP contribution in [0.5, 0.6) is 0 Å². The van der Waals surface area contributed by atoms with Gasteiger partial charge in [-0.2, -0.15) is 0 Å². The van der Waals surface area contributed by atoms with E-state index >= 15 is 0 Å². The minimum Gasteiger partial charge on any atom is -0.337 e. The maximum atomic E-state index is 12.9. The van der Waals surface area contributed by atoms with E-state index in [9.17, 15) is 4.79 Å². The molecule has 0 atom stereocenters. The number of imidazole rings is 1. The highest BCUT2D eigenvalue weighted by Gasteiger charge is 2.25. The molecule has 2 aliphatic rings. The number of hydrogen-bond donors (Lipinski definition) is 0. The molecule has 0 radical (unpaired) electrons. The first-order valence-corrected chi connectivity index (χ1v) is 9.87. The third kappa shape index (κ3) is 3.02. The molecule has 0 bridgehead atoms. The summed E-state index contributed by atoms with van der Waals surface area (Å²) in [5.74, 6) is 0.178. The lowest BCUT2D eigenvalue weighted by molar-refractivity contribution is 0.0724. The fourth-order valence-corrected chi connectivity index (χ4v) is 4.32. The molecular weight excluding hydrogens is 336 g/mol. The van der Waals surface area contributed by atoms with Crippen LogP contribution in [0, 0.1) is 0 Å². The normalized spacial score (nSPS) is 17.6. The zero-order chi connectivity index (χ0) is 18.2. The number of amides is 1. The Balaban J connectivity index is 1.38. The van der Waals surface area contributed by atoms with Crippen LogP contribution in [0.15, 0.2) is 48.8 Å². The van der Waals surface area contributed by atoms with Gasteiger partial charge in [0, 0.05) is 30.9 Å². The number of likely N-dealkylation sites (tertiary alicyclic amines) is 1. The third-order valence-electron chi connectivity index (χ3n) is 5.87. The molecule has 138 valence electrons. The van der Waals surface area contributed by atoms with Gasteiger partial charge in [-0.15, -0.1) is 0 Å². The molecule has 3 heterocycles. The van der Waals surface area contributed by atoms with Gasteiger partial charge >= 0.3 is 0 Å². The highest BCUT2D eigenvalue weighted by Crippen LogP contribution is 2.24. The molecule has 5 nitrogen and oxygen atoms in total. The van der Waals surface area contributed by atoms with E-state index in [-0.39, 0.29) is 5.91 Å². The van der Waals surface area contributed by atoms with Gasteiger partial charge in [0.15, 0.2) is 0 Å². The Morgan fingerprint density at radius 1 is 0.963 bits per heavy atom. The van der Waals surface area contributed by atoms with E-state index in [0.717, 1.165) is 53.9 Å². The van der Waals surface area contributed by atoms with Gasteiger partial charge in [-0.05, 0) is 68.2 Å². The van der Waals surface area contributed by atoms with E-state index in [2.05, 4.69) is 26.6 Å². The van der Waals surface area contributed by atoms with Crippen LogP contribution in [0.2, 0.25) is 0 Å². The van der Waals surface area contributed by atoms with Crippen molar-refractivity contribution in [1.29, 1.82) is 0 Å². The number of para-hydroxylation sites is 2. The third-order valence-corrected chi connectivity index (χ3v) is 5.87. The van der Waals surface area contributed by atoms with Crippen molar-refractivity contribution in [2.45, 2.75) is 19.3 Å². The van der Waals surface area contributed by atoms with Crippen molar-refractivity contribution in [3.8, 4) is 5.69 Å². The van der Waals surface area contributed by atoms with Crippen LogP contribution in [0.3, 0.4) is 0 Å². The van der Waals surface area contributed by atoms with Crippen LogP contribution in [0.1, 0.15) is 28.8 Å². The average Bonchev–Trinajstić information content (AvgIpc) is 3.37. The van der Waals surface area contributed by atoms with Crippen molar-refractivity contribution in [3.05, 3.63) is 59.9 Å². The fourth-order valence-electron chi connectivity index (χ4n) is 4.32. The number of rotatable bonds is 4. The molecule has 3 aromatic rings. The Hall–Kier alpha value is -2.66. The number of hydrogen-bond acceptors (Lipinski definition) is 3. The average molecular weight is 360 g/mol. The van der Waals surface area contributed by atoms with E-state index in [4.69, 9.17) is 0 Å². The molecule has 1 amide bonds. The van der Waals surface area contributed by atoms with Crippen LogP contribution in [-0.4, -0.2) is 58.0 Å². The Morgan fingerprint density at radius 3 is 2.70 bits per heavy atom. The van der Waals surface area contributed by atoms with E-state index in [1.54, 1.807) is 0 Å². The zero-order valence-corrected chi connectivity index (χ0v) is 15.5. The summed E-state index contributed by atoms with van der Waals surface area (Å²) in [4.78, 5) is 21.9. The largest absolute Gasteiger partial charge is 0.337 e. The van der Waals surface area contributed by atoms with Crippen LogP contribution in [-0.2, 0) is 6.42 Å². The standard InChI is InChI=1S/C22H24N4O/c27-22-19-8-7-18(26-16-23-20-5-1-2-6-21(20)26)15-17(19)9-12-25(22)14-13-24-10-3-4-11-24/h1-2,5-8,15-16H,3-4,9-14H2. The van der Waals surface area contributed by atoms with Crippen molar-refractivity contribution in [1.82, 2.24) is 19.4 Å². The van der Waals surface area contributed by atoms with Crippen LogP contribution < -0.4 is 0 Å². The first kappa shape index (κ1) is 16.5. The lowest BCUT2D eigenvalue weighted by Gasteiger charge is -2.30. The zero-order valence-electron chi connectivity index (χ0n) is 15.5. The smallest absolute Gasteiger partial charge is 0.254 e. The van der Waals surface area contributed by atoms with Crippen LogP contribution in [0.4, 0.5) is 0 Å². The molecule has 5 rings (SSSR count). The number of benzene rings is 2. The second-order valence-corrected chi connectivity index (χ2v) is 7.54. The first-order valence-electron chi connectivity index (χ1n) is 9.87. The molecule has 5 heteroatoms. The van der Waals surface area contributed by atoms with Gasteiger partial charge in [0.1, 0.15) is 6.33 Å². The van der Waals surface area contributed by atoms with Gasteiger partial charge in [-0.3, -0.25) is 9.36 Å². The molecule has 0 unspecified atom stereocenters.